The normalized spacial score (nSPS) is 13.0. The molecule has 0 saturated carbocycles. The summed E-state index contributed by atoms with van der Waals surface area (Å²) in [7, 11) is -2.02. The third kappa shape index (κ3) is 6.24. The molecule has 2 N–H and O–H groups in total. The highest BCUT2D eigenvalue weighted by Gasteiger charge is 2.18. The number of carboxylic acid groups (broad SMARTS) is 1. The number of carbonyl (C=O) groups is 1. The lowest BCUT2D eigenvalue weighted by Gasteiger charge is -2.17. The average molecular weight is 315 g/mol. The molecule has 0 aromatic heterocycles. The van der Waals surface area contributed by atoms with Gasteiger partial charge in [-0.2, -0.15) is 0 Å². The first-order valence-electron chi connectivity index (χ1n) is 6.69. The molecule has 1 atom stereocenters. The topological polar surface area (TPSA) is 92.7 Å². The Morgan fingerprint density at radius 2 is 2.14 bits per heavy atom. The summed E-state index contributed by atoms with van der Waals surface area (Å²) in [6, 6.07) is 5.65. The summed E-state index contributed by atoms with van der Waals surface area (Å²) < 4.78 is 31.8. The van der Waals surface area contributed by atoms with Crippen LogP contribution in [0.15, 0.2) is 24.3 Å². The van der Waals surface area contributed by atoms with Gasteiger partial charge in [-0.1, -0.05) is 25.5 Å². The van der Waals surface area contributed by atoms with E-state index in [1.807, 2.05) is 6.92 Å². The highest BCUT2D eigenvalue weighted by molar-refractivity contribution is 7.88. The van der Waals surface area contributed by atoms with E-state index < -0.39 is 16.0 Å². The van der Waals surface area contributed by atoms with Gasteiger partial charge in [-0.3, -0.25) is 0 Å². The van der Waals surface area contributed by atoms with E-state index in [2.05, 4.69) is 4.72 Å². The van der Waals surface area contributed by atoms with E-state index in [1.54, 1.807) is 6.07 Å². The number of methoxy groups -OCH3 is 1. The number of ether oxygens (including phenoxy) is 1. The Bertz CT molecular complexity index is 564. The fraction of sp³-hybridized carbons (Fsp3) is 0.500. The van der Waals surface area contributed by atoms with Gasteiger partial charge in [-0.15, -0.1) is 0 Å². The van der Waals surface area contributed by atoms with Crippen LogP contribution in [0.1, 0.15) is 35.7 Å². The largest absolute Gasteiger partial charge is 0.478 e. The second-order valence-electron chi connectivity index (χ2n) is 4.82. The van der Waals surface area contributed by atoms with Gasteiger partial charge in [-0.25, -0.2) is 17.9 Å². The number of benzene rings is 1. The molecule has 0 aliphatic rings. The summed E-state index contributed by atoms with van der Waals surface area (Å²) in [5.74, 6) is -1.33. The Hall–Kier alpha value is -1.44. The van der Waals surface area contributed by atoms with Crippen LogP contribution in [0, 0.1) is 0 Å². The van der Waals surface area contributed by atoms with E-state index in [-0.39, 0.29) is 17.4 Å². The summed E-state index contributed by atoms with van der Waals surface area (Å²) in [5.41, 5.74) is 0.514. The van der Waals surface area contributed by atoms with Crippen molar-refractivity contribution >= 4 is 16.0 Å². The summed E-state index contributed by atoms with van der Waals surface area (Å²) in [4.78, 5) is 10.9. The molecule has 1 unspecified atom stereocenters. The molecule has 1 aromatic carbocycles. The van der Waals surface area contributed by atoms with Crippen LogP contribution < -0.4 is 4.72 Å². The van der Waals surface area contributed by atoms with Crippen molar-refractivity contribution in [2.75, 3.05) is 13.7 Å². The molecule has 0 heterocycles. The number of rotatable bonds is 9. The molecule has 0 amide bonds. The van der Waals surface area contributed by atoms with Crippen molar-refractivity contribution in [2.45, 2.75) is 31.6 Å². The monoisotopic (exact) mass is 315 g/mol. The van der Waals surface area contributed by atoms with Gasteiger partial charge in [0.25, 0.3) is 0 Å². The molecule has 0 aliphatic heterocycles. The van der Waals surface area contributed by atoms with Crippen LogP contribution in [-0.2, 0) is 20.5 Å². The molecule has 0 spiro atoms. The van der Waals surface area contributed by atoms with Crippen LogP contribution in [0.25, 0.3) is 0 Å². The third-order valence-corrected chi connectivity index (χ3v) is 4.29. The maximum Gasteiger partial charge on any atom is 0.335 e. The molecule has 0 aliphatic carbocycles. The average Bonchev–Trinajstić information content (AvgIpc) is 2.38. The molecular formula is C14H21NO5S. The highest BCUT2D eigenvalue weighted by Crippen LogP contribution is 2.10. The van der Waals surface area contributed by atoms with Crippen LogP contribution in [0.4, 0.5) is 0 Å². The quantitative estimate of drug-likeness (QED) is 0.722. The van der Waals surface area contributed by atoms with Gasteiger partial charge >= 0.3 is 5.97 Å². The molecular weight excluding hydrogens is 294 g/mol. The Labute approximate surface area is 125 Å². The summed E-state index contributed by atoms with van der Waals surface area (Å²) in [6.07, 6.45) is 1.52. The van der Waals surface area contributed by atoms with Crippen molar-refractivity contribution < 1.29 is 23.1 Å². The summed E-state index contributed by atoms with van der Waals surface area (Å²) in [6.45, 7) is 2.27. The molecule has 0 saturated heterocycles. The van der Waals surface area contributed by atoms with Crippen molar-refractivity contribution in [3.63, 3.8) is 0 Å². The van der Waals surface area contributed by atoms with Crippen LogP contribution in [0.3, 0.4) is 0 Å². The fourth-order valence-electron chi connectivity index (χ4n) is 2.04. The smallest absolute Gasteiger partial charge is 0.335 e. The zero-order chi connectivity index (χ0) is 15.9. The number of nitrogens with one attached hydrogen (secondary N) is 1. The van der Waals surface area contributed by atoms with Crippen molar-refractivity contribution in [3.8, 4) is 0 Å². The number of hydrogen-bond donors (Lipinski definition) is 2. The summed E-state index contributed by atoms with van der Waals surface area (Å²) in [5, 5.41) is 8.91. The minimum Gasteiger partial charge on any atom is -0.478 e. The predicted octanol–water partition coefficient (Wildman–Crippen LogP) is 1.62. The molecule has 1 aromatic rings. The van der Waals surface area contributed by atoms with Gasteiger partial charge < -0.3 is 9.84 Å². The van der Waals surface area contributed by atoms with Crippen molar-refractivity contribution in [3.05, 3.63) is 35.4 Å². The Morgan fingerprint density at radius 3 is 2.71 bits per heavy atom. The third-order valence-electron chi connectivity index (χ3n) is 2.88. The van der Waals surface area contributed by atoms with Crippen molar-refractivity contribution in [1.82, 2.24) is 4.72 Å². The van der Waals surface area contributed by atoms with E-state index in [4.69, 9.17) is 9.84 Å². The SMILES string of the molecule is CCCC(COC)NS(=O)(=O)Cc1cccc(C(=O)O)c1. The van der Waals surface area contributed by atoms with E-state index in [1.165, 1.54) is 25.3 Å². The fourth-order valence-corrected chi connectivity index (χ4v) is 3.43. The maximum atomic E-state index is 12.1. The molecule has 0 bridgehead atoms. The van der Waals surface area contributed by atoms with E-state index in [0.717, 1.165) is 6.42 Å². The predicted molar refractivity (Wildman–Crippen MR) is 79.7 cm³/mol. The number of sulfonamides is 1. The second-order valence-corrected chi connectivity index (χ2v) is 6.58. The number of carboxylic acids is 1. The van der Waals surface area contributed by atoms with Gasteiger partial charge in [0.1, 0.15) is 0 Å². The lowest BCUT2D eigenvalue weighted by molar-refractivity contribution is 0.0696. The molecule has 0 radical (unpaired) electrons. The zero-order valence-corrected chi connectivity index (χ0v) is 13.0. The van der Waals surface area contributed by atoms with Gasteiger partial charge in [-0.05, 0) is 24.1 Å². The Balaban J connectivity index is 2.79. The van der Waals surface area contributed by atoms with Crippen LogP contribution in [0.2, 0.25) is 0 Å². The van der Waals surface area contributed by atoms with Crippen LogP contribution in [-0.4, -0.2) is 39.3 Å². The standard InChI is InChI=1S/C14H21NO5S/c1-3-5-13(9-20-2)15-21(18,19)10-11-6-4-7-12(8-11)14(16)17/h4,6-8,13,15H,3,5,9-10H2,1-2H3,(H,16,17). The molecule has 6 nitrogen and oxygen atoms in total. The Morgan fingerprint density at radius 1 is 1.43 bits per heavy atom. The van der Waals surface area contributed by atoms with Gasteiger partial charge in [0, 0.05) is 13.2 Å². The van der Waals surface area contributed by atoms with Crippen molar-refractivity contribution in [1.29, 1.82) is 0 Å². The molecule has 7 heteroatoms. The van der Waals surface area contributed by atoms with Gasteiger partial charge in [0.2, 0.25) is 10.0 Å². The van der Waals surface area contributed by atoms with E-state index in [0.29, 0.717) is 18.6 Å². The van der Waals surface area contributed by atoms with E-state index in [9.17, 15) is 13.2 Å². The van der Waals surface area contributed by atoms with Crippen LogP contribution >= 0.6 is 0 Å². The Kier molecular flexibility index (Phi) is 6.80. The molecule has 21 heavy (non-hydrogen) atoms. The highest BCUT2D eigenvalue weighted by atomic mass is 32.2. The number of aromatic carboxylic acids is 1. The lowest BCUT2D eigenvalue weighted by Crippen LogP contribution is -2.38. The zero-order valence-electron chi connectivity index (χ0n) is 12.2. The van der Waals surface area contributed by atoms with Gasteiger partial charge in [0.05, 0.1) is 17.9 Å². The minimum atomic E-state index is -3.54. The second kappa shape index (κ2) is 8.11. The first kappa shape index (κ1) is 17.6. The molecule has 0 fully saturated rings. The van der Waals surface area contributed by atoms with Gasteiger partial charge in [0.15, 0.2) is 0 Å². The first-order chi connectivity index (χ1) is 9.88. The molecule has 1 rings (SSSR count). The number of hydrogen-bond acceptors (Lipinski definition) is 4. The van der Waals surface area contributed by atoms with Crippen LogP contribution in [0.5, 0.6) is 0 Å². The first-order valence-corrected chi connectivity index (χ1v) is 8.34. The minimum absolute atomic E-state index is 0.0738. The summed E-state index contributed by atoms with van der Waals surface area (Å²) >= 11 is 0. The molecule has 118 valence electrons. The lowest BCUT2D eigenvalue weighted by atomic mass is 10.1. The van der Waals surface area contributed by atoms with Crippen molar-refractivity contribution in [2.24, 2.45) is 0 Å². The maximum absolute atomic E-state index is 12.1. The van der Waals surface area contributed by atoms with E-state index >= 15 is 0 Å².